The van der Waals surface area contributed by atoms with Crippen LogP contribution in [0.2, 0.25) is 0 Å². The van der Waals surface area contributed by atoms with Gasteiger partial charge >= 0.3 is 5.97 Å². The summed E-state index contributed by atoms with van der Waals surface area (Å²) in [5.41, 5.74) is 1.40. The van der Waals surface area contributed by atoms with Crippen molar-refractivity contribution in [1.82, 2.24) is 19.7 Å². The molecule has 0 unspecified atom stereocenters. The summed E-state index contributed by atoms with van der Waals surface area (Å²) < 4.78 is 1.61. The molecule has 0 fully saturated rings. The normalized spacial score (nSPS) is 10.5. The van der Waals surface area contributed by atoms with Gasteiger partial charge in [0, 0.05) is 12.4 Å². The van der Waals surface area contributed by atoms with Crippen molar-refractivity contribution in [3.63, 3.8) is 0 Å². The van der Waals surface area contributed by atoms with E-state index in [9.17, 15) is 9.90 Å². The predicted octanol–water partition coefficient (Wildman–Crippen LogP) is 1.29. The van der Waals surface area contributed by atoms with E-state index in [4.69, 9.17) is 0 Å². The molecule has 0 aromatic carbocycles. The molecule has 6 heteroatoms. The first-order chi connectivity index (χ1) is 8.02. The predicted molar refractivity (Wildman–Crippen MR) is 60.3 cm³/mol. The summed E-state index contributed by atoms with van der Waals surface area (Å²) in [5.74, 6) is -0.0377. The van der Waals surface area contributed by atoms with Gasteiger partial charge in [0.2, 0.25) is 0 Å². The molecule has 0 saturated heterocycles. The fourth-order valence-corrected chi connectivity index (χ4v) is 1.62. The molecule has 0 saturated carbocycles. The van der Waals surface area contributed by atoms with E-state index in [1.807, 2.05) is 0 Å². The Labute approximate surface area is 98.0 Å². The number of rotatable bonds is 2. The van der Waals surface area contributed by atoms with Crippen molar-refractivity contribution in [3.05, 3.63) is 35.0 Å². The minimum absolute atomic E-state index is 0.165. The topological polar surface area (TPSA) is 80.9 Å². The number of hydrogen-bond acceptors (Lipinski definition) is 4. The van der Waals surface area contributed by atoms with Crippen LogP contribution in [0.15, 0.2) is 12.4 Å². The van der Waals surface area contributed by atoms with Crippen LogP contribution >= 0.6 is 0 Å². The zero-order valence-corrected chi connectivity index (χ0v) is 9.80. The van der Waals surface area contributed by atoms with Crippen LogP contribution in [0, 0.1) is 20.8 Å². The molecule has 0 spiro atoms. The van der Waals surface area contributed by atoms with Gasteiger partial charge in [-0.3, -0.25) is 4.57 Å². The van der Waals surface area contributed by atoms with Crippen LogP contribution < -0.4 is 0 Å². The average molecular weight is 232 g/mol. The summed E-state index contributed by atoms with van der Waals surface area (Å²) in [4.78, 5) is 15.3. The summed E-state index contributed by atoms with van der Waals surface area (Å²) in [7, 11) is 0. The Kier molecular flexibility index (Phi) is 2.63. The van der Waals surface area contributed by atoms with Gasteiger partial charge in [0.25, 0.3) is 0 Å². The number of carboxylic acids is 1. The first kappa shape index (κ1) is 11.3. The van der Waals surface area contributed by atoms with Crippen LogP contribution in [0.5, 0.6) is 0 Å². The van der Waals surface area contributed by atoms with E-state index in [0.29, 0.717) is 22.9 Å². The minimum atomic E-state index is -1.01. The van der Waals surface area contributed by atoms with Gasteiger partial charge in [-0.1, -0.05) is 0 Å². The fourth-order valence-electron chi connectivity index (χ4n) is 1.62. The molecule has 0 atom stereocenters. The highest BCUT2D eigenvalue weighted by Gasteiger charge is 2.19. The van der Waals surface area contributed by atoms with Crippen molar-refractivity contribution in [1.29, 1.82) is 0 Å². The third kappa shape index (κ3) is 1.77. The molecule has 2 heterocycles. The molecular weight excluding hydrogens is 220 g/mol. The van der Waals surface area contributed by atoms with Gasteiger partial charge in [-0.25, -0.2) is 9.78 Å². The van der Waals surface area contributed by atoms with Crippen LogP contribution in [-0.4, -0.2) is 30.8 Å². The Bertz CT molecular complexity index is 589. The molecule has 2 aromatic heterocycles. The largest absolute Gasteiger partial charge is 0.478 e. The molecular formula is C11H12N4O2. The van der Waals surface area contributed by atoms with Crippen molar-refractivity contribution in [2.45, 2.75) is 20.8 Å². The second-order valence-corrected chi connectivity index (χ2v) is 3.76. The minimum Gasteiger partial charge on any atom is -0.478 e. The SMILES string of the molecule is Cc1nnc(-n2ccnc2C)c(C(=O)O)c1C. The van der Waals surface area contributed by atoms with E-state index >= 15 is 0 Å². The fraction of sp³-hybridized carbons (Fsp3) is 0.273. The van der Waals surface area contributed by atoms with E-state index in [0.717, 1.165) is 0 Å². The zero-order chi connectivity index (χ0) is 12.6. The number of imidazole rings is 1. The molecule has 17 heavy (non-hydrogen) atoms. The third-order valence-electron chi connectivity index (χ3n) is 2.70. The molecule has 2 aromatic rings. The maximum atomic E-state index is 11.3. The van der Waals surface area contributed by atoms with Gasteiger partial charge < -0.3 is 5.11 Å². The maximum Gasteiger partial charge on any atom is 0.339 e. The second-order valence-electron chi connectivity index (χ2n) is 3.76. The molecule has 0 radical (unpaired) electrons. The number of hydrogen-bond donors (Lipinski definition) is 1. The van der Waals surface area contributed by atoms with Crippen LogP contribution in [0.1, 0.15) is 27.4 Å². The summed E-state index contributed by atoms with van der Waals surface area (Å²) in [6.07, 6.45) is 3.26. The first-order valence-electron chi connectivity index (χ1n) is 5.10. The van der Waals surface area contributed by atoms with Gasteiger partial charge in [0.05, 0.1) is 5.69 Å². The van der Waals surface area contributed by atoms with Crippen LogP contribution in [0.4, 0.5) is 0 Å². The standard InChI is InChI=1S/C11H12N4O2/c1-6-7(2)13-14-10(9(6)11(16)17)15-5-4-12-8(15)3/h4-5H,1-3H3,(H,16,17). The van der Waals surface area contributed by atoms with Gasteiger partial charge in [-0.05, 0) is 26.3 Å². The Morgan fingerprint density at radius 2 is 2.00 bits per heavy atom. The van der Waals surface area contributed by atoms with Crippen molar-refractivity contribution in [2.75, 3.05) is 0 Å². The van der Waals surface area contributed by atoms with Crippen LogP contribution in [0.3, 0.4) is 0 Å². The van der Waals surface area contributed by atoms with Gasteiger partial charge in [0.15, 0.2) is 5.82 Å². The Balaban J connectivity index is 2.75. The number of carbonyl (C=O) groups is 1. The molecule has 0 aliphatic heterocycles. The van der Waals surface area contributed by atoms with Crippen LogP contribution in [-0.2, 0) is 0 Å². The molecule has 88 valence electrons. The first-order valence-corrected chi connectivity index (χ1v) is 5.10. The second kappa shape index (κ2) is 3.97. The monoisotopic (exact) mass is 232 g/mol. The lowest BCUT2D eigenvalue weighted by Crippen LogP contribution is -2.13. The molecule has 0 aliphatic carbocycles. The quantitative estimate of drug-likeness (QED) is 0.843. The number of aryl methyl sites for hydroxylation is 2. The van der Waals surface area contributed by atoms with Gasteiger partial charge in [0.1, 0.15) is 11.4 Å². The number of nitrogens with zero attached hydrogens (tertiary/aromatic N) is 4. The lowest BCUT2D eigenvalue weighted by Gasteiger charge is -2.10. The summed E-state index contributed by atoms with van der Waals surface area (Å²) in [6, 6.07) is 0. The highest BCUT2D eigenvalue weighted by Crippen LogP contribution is 2.18. The molecule has 2 rings (SSSR count). The van der Waals surface area contributed by atoms with E-state index in [-0.39, 0.29) is 5.56 Å². The Morgan fingerprint density at radius 3 is 2.53 bits per heavy atom. The number of carboxylic acid groups (broad SMARTS) is 1. The van der Waals surface area contributed by atoms with Crippen molar-refractivity contribution >= 4 is 5.97 Å². The zero-order valence-electron chi connectivity index (χ0n) is 9.80. The van der Waals surface area contributed by atoms with Crippen molar-refractivity contribution < 1.29 is 9.90 Å². The third-order valence-corrected chi connectivity index (χ3v) is 2.70. The summed E-state index contributed by atoms with van der Waals surface area (Å²) in [6.45, 7) is 5.24. The summed E-state index contributed by atoms with van der Waals surface area (Å²) >= 11 is 0. The van der Waals surface area contributed by atoms with Gasteiger partial charge in [-0.2, -0.15) is 5.10 Å². The molecule has 1 N–H and O–H groups in total. The van der Waals surface area contributed by atoms with Crippen molar-refractivity contribution in [3.8, 4) is 5.82 Å². The molecule has 0 amide bonds. The summed E-state index contributed by atoms with van der Waals surface area (Å²) in [5, 5.41) is 17.2. The van der Waals surface area contributed by atoms with Crippen LogP contribution in [0.25, 0.3) is 5.82 Å². The van der Waals surface area contributed by atoms with E-state index in [1.165, 1.54) is 0 Å². The molecule has 0 aliphatic rings. The smallest absolute Gasteiger partial charge is 0.339 e. The average Bonchev–Trinajstić information content (AvgIpc) is 2.67. The lowest BCUT2D eigenvalue weighted by atomic mass is 10.1. The van der Waals surface area contributed by atoms with E-state index < -0.39 is 5.97 Å². The molecule has 0 bridgehead atoms. The highest BCUT2D eigenvalue weighted by atomic mass is 16.4. The van der Waals surface area contributed by atoms with Crippen molar-refractivity contribution in [2.24, 2.45) is 0 Å². The Morgan fingerprint density at radius 1 is 1.29 bits per heavy atom. The number of aromatic carboxylic acids is 1. The maximum absolute atomic E-state index is 11.3. The number of aromatic nitrogens is 4. The van der Waals surface area contributed by atoms with Gasteiger partial charge in [-0.15, -0.1) is 5.10 Å². The molecule has 6 nitrogen and oxygen atoms in total. The lowest BCUT2D eigenvalue weighted by molar-refractivity contribution is 0.0695. The Hall–Kier alpha value is -2.24. The van der Waals surface area contributed by atoms with E-state index in [2.05, 4.69) is 15.2 Å². The highest BCUT2D eigenvalue weighted by molar-refractivity contribution is 5.93. The van der Waals surface area contributed by atoms with E-state index in [1.54, 1.807) is 37.7 Å².